The van der Waals surface area contributed by atoms with Crippen LogP contribution in [0, 0.1) is 10.7 Å². The monoisotopic (exact) mass is 662 g/mol. The van der Waals surface area contributed by atoms with Gasteiger partial charge in [-0.05, 0) is 67.8 Å². The number of hydrogen-bond acceptors (Lipinski definition) is 3. The fourth-order valence-corrected chi connectivity index (χ4v) is 5.59. The average molecular weight is 662 g/mol. The van der Waals surface area contributed by atoms with Crippen LogP contribution in [0.2, 0.25) is 0 Å². The van der Waals surface area contributed by atoms with Crippen LogP contribution in [0.4, 0.5) is 11.4 Å². The number of benzene rings is 1. The molecule has 0 heterocycles. The van der Waals surface area contributed by atoms with Gasteiger partial charge in [0.1, 0.15) is 0 Å². The van der Waals surface area contributed by atoms with E-state index >= 15 is 0 Å². The van der Waals surface area contributed by atoms with Crippen molar-refractivity contribution < 1.29 is 19.5 Å². The molecule has 0 fully saturated rings. The second-order valence-electron chi connectivity index (χ2n) is 3.73. The average Bonchev–Trinajstić information content (AvgIpc) is 2.29. The number of anilines is 2. The summed E-state index contributed by atoms with van der Waals surface area (Å²) >= 11 is 5.71. The van der Waals surface area contributed by atoms with E-state index in [1.165, 1.54) is 13.8 Å². The molecule has 0 saturated carbocycles. The topological polar surface area (TPSA) is 95.5 Å². The molecule has 11 heteroatoms. The van der Waals surface area contributed by atoms with E-state index in [1.807, 2.05) is 67.8 Å². The van der Waals surface area contributed by atoms with Crippen molar-refractivity contribution in [2.75, 3.05) is 10.6 Å². The molecule has 0 radical (unpaired) electrons. The fourth-order valence-electron chi connectivity index (χ4n) is 1.42. The predicted molar refractivity (Wildman–Crippen MR) is 114 cm³/mol. The number of aromatic carboxylic acids is 1. The van der Waals surface area contributed by atoms with Crippen molar-refractivity contribution in [2.24, 2.45) is 0 Å². The summed E-state index contributed by atoms with van der Waals surface area (Å²) in [5.41, 5.74) is 0.833. The van der Waals surface area contributed by atoms with Crippen molar-refractivity contribution in [1.29, 1.82) is 0 Å². The van der Waals surface area contributed by atoms with E-state index < -0.39 is 5.97 Å². The summed E-state index contributed by atoms with van der Waals surface area (Å²) in [4.78, 5) is 33.9. The van der Waals surface area contributed by atoms with Crippen LogP contribution in [0.3, 0.4) is 0 Å². The number of carboxylic acid groups (broad SMARTS) is 1. The first kappa shape index (κ1) is 26.1. The Labute approximate surface area is 212 Å². The molecule has 1 aromatic carbocycles. The molecular weight excluding hydrogens is 651 g/mol. The zero-order chi connectivity index (χ0) is 15.6. The van der Waals surface area contributed by atoms with E-state index in [0.717, 1.165) is 0 Å². The molecule has 0 atom stereocenters. The molecule has 6 nitrogen and oxygen atoms in total. The Kier molecular flexibility index (Phi) is 13.5. The fraction of sp³-hybridized carbons (Fsp3) is 0.182. The number of rotatable bonds is 3. The van der Waals surface area contributed by atoms with Gasteiger partial charge in [-0.25, -0.2) is 4.79 Å². The summed E-state index contributed by atoms with van der Waals surface area (Å²) in [6, 6.07) is 0. The Balaban J connectivity index is 0. The summed E-state index contributed by atoms with van der Waals surface area (Å²) < 4.78 is 1.44. The number of amides is 2. The van der Waals surface area contributed by atoms with Crippen molar-refractivity contribution in [1.82, 2.24) is 0 Å². The van der Waals surface area contributed by atoms with Gasteiger partial charge in [0.2, 0.25) is 11.8 Å². The van der Waals surface area contributed by atoms with Crippen LogP contribution in [-0.4, -0.2) is 82.0 Å². The second-order valence-corrected chi connectivity index (χ2v) is 6.97. The van der Waals surface area contributed by atoms with E-state index in [4.69, 9.17) is 0 Å². The normalized spacial score (nSPS) is 9.14. The third kappa shape index (κ3) is 6.61. The van der Waals surface area contributed by atoms with Crippen molar-refractivity contribution in [3.8, 4) is 0 Å². The Hall–Kier alpha value is 1.82. The van der Waals surface area contributed by atoms with Gasteiger partial charge in [0.05, 0.1) is 27.6 Å². The molecule has 0 bridgehead atoms. The third-order valence-corrected chi connectivity index (χ3v) is 5.37. The van der Waals surface area contributed by atoms with Crippen LogP contribution < -0.4 is 10.6 Å². The first-order chi connectivity index (χ1) is 9.16. The van der Waals surface area contributed by atoms with Gasteiger partial charge in [-0.1, -0.05) is 0 Å². The van der Waals surface area contributed by atoms with Crippen molar-refractivity contribution in [3.63, 3.8) is 0 Å². The molecule has 0 aromatic heterocycles. The maximum absolute atomic E-state index is 11.4. The van der Waals surface area contributed by atoms with Crippen LogP contribution >= 0.6 is 67.8 Å². The summed E-state index contributed by atoms with van der Waals surface area (Å²) in [6.45, 7) is 2.67. The molecule has 112 valence electrons. The standard InChI is InChI=1S/C11H9I3N2O4.2Na.2H/c1-3(17)15-9-6(12)5(11(19)20)7(13)10(8(9)14)16-4(2)18;;;;/h1-2H3,(H,15,17)(H,16,18)(H,19,20);;;;. The molecule has 1 rings (SSSR count). The first-order valence-corrected chi connectivity index (χ1v) is 8.39. The van der Waals surface area contributed by atoms with Crippen molar-refractivity contribution in [3.05, 3.63) is 16.3 Å². The zero-order valence-corrected chi connectivity index (χ0v) is 16.8. The first-order valence-electron chi connectivity index (χ1n) is 5.15. The molecule has 0 aliphatic rings. The van der Waals surface area contributed by atoms with E-state index in [-0.39, 0.29) is 76.5 Å². The van der Waals surface area contributed by atoms with Gasteiger partial charge in [-0.2, -0.15) is 0 Å². The van der Waals surface area contributed by atoms with E-state index in [1.54, 1.807) is 0 Å². The van der Waals surface area contributed by atoms with Crippen molar-refractivity contribution in [2.45, 2.75) is 13.8 Å². The summed E-state index contributed by atoms with van der Waals surface area (Å²) in [5, 5.41) is 14.5. The number of carboxylic acids is 1. The molecule has 1 aromatic rings. The van der Waals surface area contributed by atoms with Gasteiger partial charge in [-0.15, -0.1) is 0 Å². The molecule has 3 N–H and O–H groups in total. The van der Waals surface area contributed by atoms with Crippen molar-refractivity contribution >= 4 is 156 Å². The second kappa shape index (κ2) is 11.4. The number of hydrogen-bond donors (Lipinski definition) is 3. The van der Waals surface area contributed by atoms with Gasteiger partial charge in [-0.3, -0.25) is 9.59 Å². The summed E-state index contributed by atoms with van der Waals surface area (Å²) in [6.07, 6.45) is 0. The third-order valence-electron chi connectivity index (χ3n) is 2.13. The molecular formula is C11H11I3N2Na2O4. The van der Waals surface area contributed by atoms with Gasteiger partial charge in [0, 0.05) is 13.8 Å². The predicted octanol–water partition coefficient (Wildman–Crippen LogP) is 1.82. The molecule has 2 amide bonds. The SMILES string of the molecule is CC(=O)Nc1c(I)c(NC(C)=O)c(I)c(C(=O)O)c1I.[NaH].[NaH]. The van der Waals surface area contributed by atoms with Crippen LogP contribution in [0.1, 0.15) is 24.2 Å². The zero-order valence-electron chi connectivity index (χ0n) is 10.3. The maximum atomic E-state index is 11.4. The summed E-state index contributed by atoms with van der Waals surface area (Å²) in [5.74, 6) is -1.74. The van der Waals surface area contributed by atoms with Crippen LogP contribution in [-0.2, 0) is 9.59 Å². The molecule has 22 heavy (non-hydrogen) atoms. The number of carbonyl (C=O) groups is 3. The molecule has 0 aliphatic heterocycles. The number of nitrogens with one attached hydrogen (secondary N) is 2. The summed E-state index contributed by atoms with van der Waals surface area (Å²) in [7, 11) is 0. The van der Waals surface area contributed by atoms with E-state index in [2.05, 4.69) is 10.6 Å². The van der Waals surface area contributed by atoms with Gasteiger partial charge >= 0.3 is 65.1 Å². The van der Waals surface area contributed by atoms with Gasteiger partial charge < -0.3 is 15.7 Å². The van der Waals surface area contributed by atoms with Crippen LogP contribution in [0.5, 0.6) is 0 Å². The Morgan fingerprint density at radius 2 is 1.14 bits per heavy atom. The quantitative estimate of drug-likeness (QED) is 0.341. The minimum absolute atomic E-state index is 0. The molecule has 0 saturated heterocycles. The van der Waals surface area contributed by atoms with Crippen LogP contribution in [0.15, 0.2) is 0 Å². The Morgan fingerprint density at radius 1 is 0.818 bits per heavy atom. The Morgan fingerprint density at radius 3 is 1.36 bits per heavy atom. The molecule has 0 aliphatic carbocycles. The number of carbonyl (C=O) groups excluding carboxylic acids is 2. The van der Waals surface area contributed by atoms with E-state index in [0.29, 0.717) is 22.1 Å². The van der Waals surface area contributed by atoms with Gasteiger partial charge in [0.25, 0.3) is 0 Å². The number of halogens is 3. The Bertz CT molecular complexity index is 583. The molecule has 0 spiro atoms. The molecule has 0 unspecified atom stereocenters. The minimum atomic E-state index is -1.12. The van der Waals surface area contributed by atoms with Gasteiger partial charge in [0.15, 0.2) is 0 Å². The van der Waals surface area contributed by atoms with Crippen LogP contribution in [0.25, 0.3) is 0 Å². The van der Waals surface area contributed by atoms with E-state index in [9.17, 15) is 19.5 Å².